The third kappa shape index (κ3) is 3.03. The molecule has 1 unspecified atom stereocenters. The van der Waals surface area contributed by atoms with Crippen molar-refractivity contribution in [2.24, 2.45) is 5.41 Å². The quantitative estimate of drug-likeness (QED) is 0.711. The molecule has 0 amide bonds. The molecule has 0 aromatic rings. The van der Waals surface area contributed by atoms with Crippen LogP contribution >= 0.6 is 0 Å². The van der Waals surface area contributed by atoms with Crippen LogP contribution in [0.2, 0.25) is 0 Å². The molecule has 1 atom stereocenters. The monoisotopic (exact) mass is 278 g/mol. The van der Waals surface area contributed by atoms with Crippen molar-refractivity contribution in [1.82, 2.24) is 9.21 Å². The van der Waals surface area contributed by atoms with Gasteiger partial charge < -0.3 is 14.7 Å². The van der Waals surface area contributed by atoms with Crippen LogP contribution in [0.1, 0.15) is 6.92 Å². The molecule has 2 aliphatic rings. The van der Waals surface area contributed by atoms with Crippen molar-refractivity contribution in [2.45, 2.75) is 13.0 Å². The predicted octanol–water partition coefficient (Wildman–Crippen LogP) is -1.04. The Morgan fingerprint density at radius 2 is 2.11 bits per heavy atom. The minimum Gasteiger partial charge on any atom is -0.396 e. The van der Waals surface area contributed by atoms with E-state index in [0.29, 0.717) is 26.2 Å². The van der Waals surface area contributed by atoms with E-state index in [2.05, 4.69) is 4.90 Å². The second-order valence-corrected chi connectivity index (χ2v) is 7.78. The molecule has 7 heteroatoms. The van der Waals surface area contributed by atoms with Crippen LogP contribution in [-0.2, 0) is 14.8 Å². The number of morpholine rings is 1. The van der Waals surface area contributed by atoms with Gasteiger partial charge in [0.2, 0.25) is 10.0 Å². The standard InChI is InChI=1S/C11H22N2O4S/c1-11(9-14)7-13(8-11)18(15,16)6-10-5-12(2)3-4-17-10/h10,14H,3-9H2,1-2H3. The number of aliphatic hydroxyl groups excluding tert-OH is 1. The summed E-state index contributed by atoms with van der Waals surface area (Å²) >= 11 is 0. The number of rotatable bonds is 4. The van der Waals surface area contributed by atoms with Crippen molar-refractivity contribution in [3.8, 4) is 0 Å². The van der Waals surface area contributed by atoms with Gasteiger partial charge in [-0.05, 0) is 7.05 Å². The fraction of sp³-hybridized carbons (Fsp3) is 1.00. The predicted molar refractivity (Wildman–Crippen MR) is 67.8 cm³/mol. The maximum absolute atomic E-state index is 12.1. The molecule has 0 aromatic heterocycles. The van der Waals surface area contributed by atoms with Crippen LogP contribution in [-0.4, -0.2) is 81.0 Å². The Kier molecular flexibility index (Phi) is 3.99. The summed E-state index contributed by atoms with van der Waals surface area (Å²) in [6.45, 7) is 4.84. The van der Waals surface area contributed by atoms with Crippen molar-refractivity contribution >= 4 is 10.0 Å². The summed E-state index contributed by atoms with van der Waals surface area (Å²) in [7, 11) is -1.29. The number of hydrogen-bond acceptors (Lipinski definition) is 5. The summed E-state index contributed by atoms with van der Waals surface area (Å²) in [5, 5.41) is 9.13. The molecule has 2 rings (SSSR count). The second kappa shape index (κ2) is 5.05. The van der Waals surface area contributed by atoms with Gasteiger partial charge in [-0.2, -0.15) is 0 Å². The van der Waals surface area contributed by atoms with E-state index in [0.717, 1.165) is 6.54 Å². The molecular formula is C11H22N2O4S. The summed E-state index contributed by atoms with van der Waals surface area (Å²) in [5.74, 6) is 0.0405. The maximum Gasteiger partial charge on any atom is 0.216 e. The van der Waals surface area contributed by atoms with Gasteiger partial charge in [0.25, 0.3) is 0 Å². The highest BCUT2D eigenvalue weighted by atomic mass is 32.2. The third-order valence-corrected chi connectivity index (χ3v) is 5.47. The van der Waals surface area contributed by atoms with Gasteiger partial charge in [-0.1, -0.05) is 6.92 Å². The average molecular weight is 278 g/mol. The van der Waals surface area contributed by atoms with Gasteiger partial charge in [0, 0.05) is 31.6 Å². The highest BCUT2D eigenvalue weighted by Gasteiger charge is 2.44. The Hall–Kier alpha value is -0.210. The van der Waals surface area contributed by atoms with Crippen molar-refractivity contribution < 1.29 is 18.3 Å². The van der Waals surface area contributed by atoms with Crippen LogP contribution in [0.5, 0.6) is 0 Å². The molecule has 2 fully saturated rings. The van der Waals surface area contributed by atoms with Crippen LogP contribution in [0, 0.1) is 5.41 Å². The Bertz CT molecular complexity index is 392. The minimum atomic E-state index is -3.26. The molecule has 0 saturated carbocycles. The van der Waals surface area contributed by atoms with Gasteiger partial charge in [0.15, 0.2) is 0 Å². The number of sulfonamides is 1. The lowest BCUT2D eigenvalue weighted by molar-refractivity contribution is -0.00980. The van der Waals surface area contributed by atoms with E-state index in [4.69, 9.17) is 9.84 Å². The van der Waals surface area contributed by atoms with E-state index in [-0.39, 0.29) is 23.9 Å². The molecule has 2 heterocycles. The largest absolute Gasteiger partial charge is 0.396 e. The molecule has 18 heavy (non-hydrogen) atoms. The zero-order valence-corrected chi connectivity index (χ0v) is 11.8. The lowest BCUT2D eigenvalue weighted by Crippen LogP contribution is -2.60. The Labute approximate surface area is 109 Å². The number of nitrogens with zero attached hydrogens (tertiary/aromatic N) is 2. The van der Waals surface area contributed by atoms with Gasteiger partial charge >= 0.3 is 0 Å². The van der Waals surface area contributed by atoms with Gasteiger partial charge in [0.1, 0.15) is 0 Å². The van der Waals surface area contributed by atoms with E-state index in [1.807, 2.05) is 14.0 Å². The van der Waals surface area contributed by atoms with Crippen LogP contribution in [0.15, 0.2) is 0 Å². The van der Waals surface area contributed by atoms with Crippen LogP contribution in [0.4, 0.5) is 0 Å². The van der Waals surface area contributed by atoms with E-state index in [1.54, 1.807) is 0 Å². The molecular weight excluding hydrogens is 256 g/mol. The van der Waals surface area contributed by atoms with E-state index in [9.17, 15) is 8.42 Å². The van der Waals surface area contributed by atoms with Crippen molar-refractivity contribution in [2.75, 3.05) is 52.2 Å². The lowest BCUT2D eigenvalue weighted by atomic mass is 9.85. The first kappa shape index (κ1) is 14.2. The minimum absolute atomic E-state index is 0.0295. The molecule has 6 nitrogen and oxygen atoms in total. The molecule has 2 saturated heterocycles. The highest BCUT2D eigenvalue weighted by molar-refractivity contribution is 7.89. The van der Waals surface area contributed by atoms with Crippen LogP contribution in [0.25, 0.3) is 0 Å². The molecule has 0 radical (unpaired) electrons. The van der Waals surface area contributed by atoms with Gasteiger partial charge in [0.05, 0.1) is 25.1 Å². The van der Waals surface area contributed by atoms with E-state index in [1.165, 1.54) is 4.31 Å². The summed E-state index contributed by atoms with van der Waals surface area (Å²) in [5.41, 5.74) is -0.267. The molecule has 0 bridgehead atoms. The Balaban J connectivity index is 1.89. The number of aliphatic hydroxyl groups is 1. The summed E-state index contributed by atoms with van der Waals surface area (Å²) < 4.78 is 31.2. The van der Waals surface area contributed by atoms with Crippen molar-refractivity contribution in [3.63, 3.8) is 0 Å². The topological polar surface area (TPSA) is 70.1 Å². The molecule has 0 spiro atoms. The van der Waals surface area contributed by atoms with Gasteiger partial charge in [-0.3, -0.25) is 0 Å². The highest BCUT2D eigenvalue weighted by Crippen LogP contribution is 2.31. The molecule has 2 aliphatic heterocycles. The molecule has 0 aromatic carbocycles. The zero-order valence-electron chi connectivity index (χ0n) is 11.0. The van der Waals surface area contributed by atoms with Crippen LogP contribution in [0.3, 0.4) is 0 Å². The van der Waals surface area contributed by atoms with E-state index < -0.39 is 10.0 Å². The third-order valence-electron chi connectivity index (χ3n) is 3.63. The van der Waals surface area contributed by atoms with Gasteiger partial charge in [-0.25, -0.2) is 12.7 Å². The molecule has 1 N–H and O–H groups in total. The van der Waals surface area contributed by atoms with Gasteiger partial charge in [-0.15, -0.1) is 0 Å². The summed E-state index contributed by atoms with van der Waals surface area (Å²) in [6.07, 6.45) is -0.241. The smallest absolute Gasteiger partial charge is 0.216 e. The number of hydrogen-bond donors (Lipinski definition) is 1. The zero-order chi connectivity index (χ0) is 13.4. The first-order valence-corrected chi connectivity index (χ1v) is 7.84. The first-order valence-electron chi connectivity index (χ1n) is 6.23. The Morgan fingerprint density at radius 3 is 2.67 bits per heavy atom. The Morgan fingerprint density at radius 1 is 1.44 bits per heavy atom. The van der Waals surface area contributed by atoms with Crippen molar-refractivity contribution in [1.29, 1.82) is 0 Å². The fourth-order valence-corrected chi connectivity index (χ4v) is 4.31. The fourth-order valence-electron chi connectivity index (χ4n) is 2.41. The van der Waals surface area contributed by atoms with Crippen LogP contribution < -0.4 is 0 Å². The lowest BCUT2D eigenvalue weighted by Gasteiger charge is -2.46. The second-order valence-electron chi connectivity index (χ2n) is 5.77. The van der Waals surface area contributed by atoms with Crippen molar-refractivity contribution in [3.05, 3.63) is 0 Å². The summed E-state index contributed by atoms with van der Waals surface area (Å²) in [4.78, 5) is 2.08. The maximum atomic E-state index is 12.1. The number of ether oxygens (including phenoxy) is 1. The normalized spacial score (nSPS) is 30.1. The molecule has 106 valence electrons. The first-order chi connectivity index (χ1) is 8.35. The number of likely N-dealkylation sites (N-methyl/N-ethyl adjacent to an activating group) is 1. The SMILES string of the molecule is CN1CCOC(CS(=O)(=O)N2CC(C)(CO)C2)C1. The molecule has 0 aliphatic carbocycles. The average Bonchev–Trinajstić information content (AvgIpc) is 2.24. The summed E-state index contributed by atoms with van der Waals surface area (Å²) in [6, 6.07) is 0. The van der Waals surface area contributed by atoms with E-state index >= 15 is 0 Å².